The molecule has 2 N–H and O–H groups in total. The van der Waals surface area contributed by atoms with Crippen molar-refractivity contribution in [2.24, 2.45) is 5.10 Å². The molecule has 0 aromatic heterocycles. The zero-order valence-electron chi connectivity index (χ0n) is 12.5. The fraction of sp³-hybridized carbons (Fsp3) is 0.176. The third-order valence-corrected chi connectivity index (χ3v) is 3.02. The average molecular weight is 298 g/mol. The number of para-hydroxylation sites is 1. The Morgan fingerprint density at radius 2 is 2.05 bits per heavy atom. The largest absolute Gasteiger partial charge is 0.507 e. The van der Waals surface area contributed by atoms with Gasteiger partial charge in [-0.15, -0.1) is 0 Å². The Labute approximate surface area is 129 Å². The van der Waals surface area contributed by atoms with Gasteiger partial charge in [-0.1, -0.05) is 24.3 Å². The van der Waals surface area contributed by atoms with Gasteiger partial charge in [0.2, 0.25) is 0 Å². The topological polar surface area (TPSA) is 70.9 Å². The number of hydrogen-bond acceptors (Lipinski definition) is 4. The monoisotopic (exact) mass is 298 g/mol. The summed E-state index contributed by atoms with van der Waals surface area (Å²) in [6.45, 7) is 3.62. The van der Waals surface area contributed by atoms with Crippen molar-refractivity contribution in [1.82, 2.24) is 5.43 Å². The van der Waals surface area contributed by atoms with E-state index in [4.69, 9.17) is 4.74 Å². The molecule has 0 saturated heterocycles. The number of ether oxygens (including phenoxy) is 1. The Hall–Kier alpha value is -2.82. The Balaban J connectivity index is 1.85. The molecule has 0 spiro atoms. The van der Waals surface area contributed by atoms with Gasteiger partial charge in [0.15, 0.2) is 6.61 Å². The minimum Gasteiger partial charge on any atom is -0.507 e. The molecule has 2 aromatic rings. The molecule has 0 aliphatic heterocycles. The minimum atomic E-state index is -0.370. The smallest absolute Gasteiger partial charge is 0.277 e. The van der Waals surface area contributed by atoms with Crippen molar-refractivity contribution in [1.29, 1.82) is 0 Å². The Kier molecular flexibility index (Phi) is 5.14. The zero-order valence-corrected chi connectivity index (χ0v) is 12.5. The van der Waals surface area contributed by atoms with E-state index in [1.54, 1.807) is 31.2 Å². The second-order valence-corrected chi connectivity index (χ2v) is 4.91. The second kappa shape index (κ2) is 7.26. The highest BCUT2D eigenvalue weighted by atomic mass is 16.5. The summed E-state index contributed by atoms with van der Waals surface area (Å²) in [5, 5.41) is 13.6. The number of amides is 1. The molecule has 0 bridgehead atoms. The molecule has 0 unspecified atom stereocenters. The molecular formula is C17H18N2O3. The number of nitrogens with zero attached hydrogens (tertiary/aromatic N) is 1. The van der Waals surface area contributed by atoms with Gasteiger partial charge in [0.25, 0.3) is 5.91 Å². The molecule has 0 atom stereocenters. The van der Waals surface area contributed by atoms with Crippen LogP contribution in [0, 0.1) is 13.8 Å². The first-order valence-electron chi connectivity index (χ1n) is 6.86. The van der Waals surface area contributed by atoms with E-state index in [9.17, 15) is 9.90 Å². The van der Waals surface area contributed by atoms with E-state index < -0.39 is 0 Å². The summed E-state index contributed by atoms with van der Waals surface area (Å²) in [6.07, 6.45) is 1.40. The van der Waals surface area contributed by atoms with Gasteiger partial charge >= 0.3 is 0 Å². The van der Waals surface area contributed by atoms with Gasteiger partial charge in [-0.2, -0.15) is 5.10 Å². The number of nitrogens with one attached hydrogen (secondary N) is 1. The summed E-state index contributed by atoms with van der Waals surface area (Å²) in [7, 11) is 0. The fourth-order valence-electron chi connectivity index (χ4n) is 1.85. The van der Waals surface area contributed by atoms with Gasteiger partial charge in [0.05, 0.1) is 6.21 Å². The molecule has 0 saturated carbocycles. The molecule has 5 heteroatoms. The number of hydrazone groups is 1. The van der Waals surface area contributed by atoms with Crippen LogP contribution in [0.3, 0.4) is 0 Å². The molecule has 5 nitrogen and oxygen atoms in total. The van der Waals surface area contributed by atoms with Crippen LogP contribution in [0.5, 0.6) is 11.5 Å². The van der Waals surface area contributed by atoms with Crippen LogP contribution in [0.2, 0.25) is 0 Å². The van der Waals surface area contributed by atoms with E-state index in [1.165, 1.54) is 6.21 Å². The molecule has 22 heavy (non-hydrogen) atoms. The van der Waals surface area contributed by atoms with Crippen LogP contribution in [0.4, 0.5) is 0 Å². The predicted molar refractivity (Wildman–Crippen MR) is 85.3 cm³/mol. The molecule has 0 heterocycles. The van der Waals surface area contributed by atoms with Crippen molar-refractivity contribution in [3.8, 4) is 11.5 Å². The van der Waals surface area contributed by atoms with Gasteiger partial charge in [-0.3, -0.25) is 4.79 Å². The third kappa shape index (κ3) is 4.34. The highest BCUT2D eigenvalue weighted by molar-refractivity contribution is 5.85. The number of rotatable bonds is 5. The van der Waals surface area contributed by atoms with Crippen LogP contribution < -0.4 is 10.2 Å². The maximum atomic E-state index is 11.6. The molecule has 0 radical (unpaired) electrons. The summed E-state index contributed by atoms with van der Waals surface area (Å²) < 4.78 is 5.36. The second-order valence-electron chi connectivity index (χ2n) is 4.91. The standard InChI is InChI=1S/C17H18N2O3/c1-12-5-3-8-15(9-12)22-11-16(20)19-18-10-14-7-4-6-13(2)17(14)21/h3-10,21H,11H2,1-2H3,(H,19,20)/b18-10-. The minimum absolute atomic E-state index is 0.124. The first kappa shape index (κ1) is 15.6. The molecule has 0 aliphatic rings. The lowest BCUT2D eigenvalue weighted by atomic mass is 10.1. The van der Waals surface area contributed by atoms with Crippen LogP contribution in [-0.2, 0) is 4.79 Å². The number of carbonyl (C=O) groups excluding carboxylic acids is 1. The molecule has 0 fully saturated rings. The lowest BCUT2D eigenvalue weighted by Crippen LogP contribution is -2.24. The van der Waals surface area contributed by atoms with Crippen molar-refractivity contribution in [2.75, 3.05) is 6.61 Å². The highest BCUT2D eigenvalue weighted by Gasteiger charge is 2.03. The highest BCUT2D eigenvalue weighted by Crippen LogP contribution is 2.19. The van der Waals surface area contributed by atoms with Gasteiger partial charge < -0.3 is 9.84 Å². The molecule has 114 valence electrons. The number of benzene rings is 2. The first-order valence-corrected chi connectivity index (χ1v) is 6.86. The number of hydrogen-bond donors (Lipinski definition) is 2. The third-order valence-electron chi connectivity index (χ3n) is 3.02. The summed E-state index contributed by atoms with van der Waals surface area (Å²) in [5.74, 6) is 0.414. The van der Waals surface area contributed by atoms with Crippen molar-refractivity contribution in [3.63, 3.8) is 0 Å². The number of phenolic OH excluding ortho intramolecular Hbond substituents is 1. The van der Waals surface area contributed by atoms with Crippen LogP contribution in [0.15, 0.2) is 47.6 Å². The molecule has 1 amide bonds. The zero-order chi connectivity index (χ0) is 15.9. The van der Waals surface area contributed by atoms with Crippen molar-refractivity contribution < 1.29 is 14.6 Å². The molecule has 2 aromatic carbocycles. The lowest BCUT2D eigenvalue weighted by Gasteiger charge is -2.05. The van der Waals surface area contributed by atoms with Gasteiger partial charge in [0.1, 0.15) is 11.5 Å². The quantitative estimate of drug-likeness (QED) is 0.658. The SMILES string of the molecule is Cc1cccc(OCC(=O)N/N=C\c2cccc(C)c2O)c1. The summed E-state index contributed by atoms with van der Waals surface area (Å²) in [5.41, 5.74) is 4.71. The number of aromatic hydroxyl groups is 1. The number of aryl methyl sites for hydroxylation is 2. The Morgan fingerprint density at radius 1 is 1.27 bits per heavy atom. The van der Waals surface area contributed by atoms with Crippen LogP contribution >= 0.6 is 0 Å². The van der Waals surface area contributed by atoms with E-state index >= 15 is 0 Å². The van der Waals surface area contributed by atoms with Gasteiger partial charge in [0, 0.05) is 5.56 Å². The Morgan fingerprint density at radius 3 is 2.82 bits per heavy atom. The van der Waals surface area contributed by atoms with Crippen LogP contribution in [0.25, 0.3) is 0 Å². The molecular weight excluding hydrogens is 280 g/mol. The van der Waals surface area contributed by atoms with Gasteiger partial charge in [-0.05, 0) is 43.2 Å². The lowest BCUT2D eigenvalue weighted by molar-refractivity contribution is -0.123. The first-order chi connectivity index (χ1) is 10.6. The maximum Gasteiger partial charge on any atom is 0.277 e. The average Bonchev–Trinajstić information content (AvgIpc) is 2.49. The summed E-state index contributed by atoms with van der Waals surface area (Å²) in [6, 6.07) is 12.8. The maximum absolute atomic E-state index is 11.6. The van der Waals surface area contributed by atoms with Gasteiger partial charge in [-0.25, -0.2) is 5.43 Å². The van der Waals surface area contributed by atoms with Crippen molar-refractivity contribution >= 4 is 12.1 Å². The van der Waals surface area contributed by atoms with E-state index in [0.717, 1.165) is 11.1 Å². The number of phenols is 1. The van der Waals surface area contributed by atoms with E-state index in [1.807, 2.05) is 25.1 Å². The summed E-state index contributed by atoms with van der Waals surface area (Å²) >= 11 is 0. The van der Waals surface area contributed by atoms with Crippen molar-refractivity contribution in [2.45, 2.75) is 13.8 Å². The summed E-state index contributed by atoms with van der Waals surface area (Å²) in [4.78, 5) is 11.6. The van der Waals surface area contributed by atoms with E-state index in [0.29, 0.717) is 11.3 Å². The fourth-order valence-corrected chi connectivity index (χ4v) is 1.85. The Bertz CT molecular complexity index is 696. The van der Waals surface area contributed by atoms with E-state index in [-0.39, 0.29) is 18.3 Å². The molecule has 0 aliphatic carbocycles. The number of carbonyl (C=O) groups is 1. The van der Waals surface area contributed by atoms with Crippen LogP contribution in [0.1, 0.15) is 16.7 Å². The van der Waals surface area contributed by atoms with Crippen molar-refractivity contribution in [3.05, 3.63) is 59.2 Å². The molecule has 2 rings (SSSR count). The normalized spacial score (nSPS) is 10.6. The van der Waals surface area contributed by atoms with E-state index in [2.05, 4.69) is 10.5 Å². The predicted octanol–water partition coefficient (Wildman–Crippen LogP) is 2.54. The van der Waals surface area contributed by atoms with Crippen LogP contribution in [-0.4, -0.2) is 23.8 Å².